The second kappa shape index (κ2) is 8.34. The average molecular weight is 267 g/mol. The van der Waals surface area contributed by atoms with Crippen LogP contribution in [0, 0.1) is 5.92 Å². The molecule has 0 radical (unpaired) electrons. The number of nitrogens with zero attached hydrogens (tertiary/aromatic N) is 1. The molecule has 0 spiro atoms. The Bertz CT molecular complexity index is 397. The number of rotatable bonds is 3. The van der Waals surface area contributed by atoms with Crippen molar-refractivity contribution in [1.82, 2.24) is 10.3 Å². The number of carbonyl (C=O) groups excluding carboxylic acids is 1. The Kier molecular flexibility index (Phi) is 6.70. The van der Waals surface area contributed by atoms with Crippen molar-refractivity contribution in [3.63, 3.8) is 0 Å². The maximum Gasteiger partial charge on any atom is 0.320 e. The summed E-state index contributed by atoms with van der Waals surface area (Å²) < 4.78 is 0. The Morgan fingerprint density at radius 1 is 1.47 bits per heavy atom. The zero-order chi connectivity index (χ0) is 14.1. The van der Waals surface area contributed by atoms with Gasteiger partial charge < -0.3 is 16.2 Å². The Hall–Kier alpha value is -1.79. The van der Waals surface area contributed by atoms with Crippen molar-refractivity contribution in [1.29, 1.82) is 0 Å². The first-order chi connectivity index (χ1) is 9.15. The maximum absolute atomic E-state index is 10.5. The number of aldehydes is 1. The summed E-state index contributed by atoms with van der Waals surface area (Å²) in [6.45, 7) is 1.79. The van der Waals surface area contributed by atoms with Crippen LogP contribution in [0.4, 0.5) is 0 Å². The van der Waals surface area contributed by atoms with Gasteiger partial charge in [0.2, 0.25) is 0 Å². The highest BCUT2D eigenvalue weighted by atomic mass is 16.4. The molecule has 0 aromatic carbocycles. The van der Waals surface area contributed by atoms with E-state index < -0.39 is 12.0 Å². The van der Waals surface area contributed by atoms with Gasteiger partial charge in [0.25, 0.3) is 0 Å². The third kappa shape index (κ3) is 5.58. The van der Waals surface area contributed by atoms with Crippen LogP contribution in [0.15, 0.2) is 24.5 Å². The molecule has 2 rings (SSSR count). The minimum atomic E-state index is -0.878. The van der Waals surface area contributed by atoms with Crippen LogP contribution in [0.2, 0.25) is 0 Å². The number of nitrogens with one attached hydrogen (secondary N) is 1. The van der Waals surface area contributed by atoms with Crippen LogP contribution in [0.5, 0.6) is 0 Å². The van der Waals surface area contributed by atoms with E-state index in [4.69, 9.17) is 10.8 Å². The molecule has 6 heteroatoms. The molecule has 1 fully saturated rings. The summed E-state index contributed by atoms with van der Waals surface area (Å²) in [6.07, 6.45) is 5.73. The lowest BCUT2D eigenvalue weighted by atomic mass is 9.91. The summed E-state index contributed by atoms with van der Waals surface area (Å²) >= 11 is 0. The summed E-state index contributed by atoms with van der Waals surface area (Å²) in [7, 11) is 0. The van der Waals surface area contributed by atoms with Crippen LogP contribution < -0.4 is 11.1 Å². The lowest BCUT2D eigenvalue weighted by Crippen LogP contribution is -2.43. The number of pyridine rings is 1. The van der Waals surface area contributed by atoms with Gasteiger partial charge in [0.15, 0.2) is 0 Å². The van der Waals surface area contributed by atoms with E-state index in [2.05, 4.69) is 10.3 Å². The quantitative estimate of drug-likeness (QED) is 0.690. The lowest BCUT2D eigenvalue weighted by Gasteiger charge is -2.25. The van der Waals surface area contributed by atoms with Gasteiger partial charge in [-0.25, -0.2) is 0 Å². The Morgan fingerprint density at radius 2 is 2.05 bits per heavy atom. The number of carbonyl (C=O) groups is 2. The van der Waals surface area contributed by atoms with Crippen molar-refractivity contribution in [2.75, 3.05) is 13.1 Å². The van der Waals surface area contributed by atoms with Crippen molar-refractivity contribution in [3.05, 3.63) is 30.1 Å². The number of hydrogen-bond donors (Lipinski definition) is 3. The molecule has 6 nitrogen and oxygen atoms in total. The number of aromatic nitrogens is 1. The van der Waals surface area contributed by atoms with Gasteiger partial charge in [-0.15, -0.1) is 0 Å². The molecular weight excluding hydrogens is 246 g/mol. The standard InChI is InChI=1S/C7H14N2O2.C6H5NO.H2/c8-6(7(10)11)5-1-3-9-4-2-5;8-5-6-1-3-7-4-2-6;/h5-6,9H,1-4,8H2,(H,10,11);1-5H;1H. The fourth-order valence-corrected chi connectivity index (χ4v) is 1.85. The van der Waals surface area contributed by atoms with Gasteiger partial charge in [0.1, 0.15) is 12.3 Å². The third-order valence-corrected chi connectivity index (χ3v) is 3.02. The third-order valence-electron chi connectivity index (χ3n) is 3.02. The number of aliphatic carboxylic acids is 1. The molecule has 0 amide bonds. The van der Waals surface area contributed by atoms with E-state index in [0.29, 0.717) is 5.56 Å². The van der Waals surface area contributed by atoms with Gasteiger partial charge in [-0.3, -0.25) is 14.6 Å². The first kappa shape index (κ1) is 15.3. The lowest BCUT2D eigenvalue weighted by molar-refractivity contribution is -0.140. The molecule has 1 aromatic rings. The van der Waals surface area contributed by atoms with E-state index in [9.17, 15) is 9.59 Å². The summed E-state index contributed by atoms with van der Waals surface area (Å²) in [6, 6.07) is 2.65. The number of carboxylic acid groups (broad SMARTS) is 1. The van der Waals surface area contributed by atoms with E-state index >= 15 is 0 Å². The van der Waals surface area contributed by atoms with Crippen LogP contribution in [0.25, 0.3) is 0 Å². The van der Waals surface area contributed by atoms with Crippen molar-refractivity contribution >= 4 is 12.3 Å². The summed E-state index contributed by atoms with van der Waals surface area (Å²) in [5, 5.41) is 11.7. The van der Waals surface area contributed by atoms with Gasteiger partial charge in [0.05, 0.1) is 0 Å². The van der Waals surface area contributed by atoms with E-state index in [1.54, 1.807) is 24.5 Å². The molecule has 0 bridgehead atoms. The first-order valence-electron chi connectivity index (χ1n) is 6.19. The first-order valence-corrected chi connectivity index (χ1v) is 6.19. The molecule has 1 unspecified atom stereocenters. The highest BCUT2D eigenvalue weighted by molar-refractivity contribution is 5.74. The summed E-state index contributed by atoms with van der Waals surface area (Å²) in [4.78, 5) is 24.2. The van der Waals surface area contributed by atoms with E-state index in [0.717, 1.165) is 32.2 Å². The minimum Gasteiger partial charge on any atom is -0.480 e. The number of carboxylic acids is 1. The van der Waals surface area contributed by atoms with Crippen LogP contribution >= 0.6 is 0 Å². The highest BCUT2D eigenvalue weighted by Crippen LogP contribution is 2.14. The van der Waals surface area contributed by atoms with Gasteiger partial charge in [-0.1, -0.05) is 0 Å². The fraction of sp³-hybridized carbons (Fsp3) is 0.462. The van der Waals surface area contributed by atoms with Crippen molar-refractivity contribution in [2.45, 2.75) is 18.9 Å². The zero-order valence-corrected chi connectivity index (χ0v) is 10.7. The van der Waals surface area contributed by atoms with Crippen LogP contribution in [0.3, 0.4) is 0 Å². The monoisotopic (exact) mass is 267 g/mol. The molecule has 0 saturated carbocycles. The molecule has 1 saturated heterocycles. The molecule has 19 heavy (non-hydrogen) atoms. The smallest absolute Gasteiger partial charge is 0.320 e. The van der Waals surface area contributed by atoms with Crippen LogP contribution in [-0.2, 0) is 4.79 Å². The largest absolute Gasteiger partial charge is 0.480 e. The molecule has 1 atom stereocenters. The number of nitrogens with two attached hydrogens (primary N) is 1. The SMILES string of the molecule is NC(C(=O)O)C1CCNCC1.O=Cc1ccncc1.[HH]. The normalized spacial score (nSPS) is 16.9. The Morgan fingerprint density at radius 3 is 2.47 bits per heavy atom. The second-order valence-electron chi connectivity index (χ2n) is 4.35. The fourth-order valence-electron chi connectivity index (χ4n) is 1.85. The van der Waals surface area contributed by atoms with Crippen molar-refractivity contribution in [2.24, 2.45) is 11.7 Å². The molecule has 4 N–H and O–H groups in total. The predicted molar refractivity (Wildman–Crippen MR) is 72.9 cm³/mol. The molecular formula is C13H21N3O3. The zero-order valence-electron chi connectivity index (χ0n) is 10.7. The maximum atomic E-state index is 10.5. The predicted octanol–water partition coefficient (Wildman–Crippen LogP) is 0.538. The molecule has 1 aliphatic heterocycles. The molecule has 106 valence electrons. The number of piperidine rings is 1. The molecule has 2 heterocycles. The summed E-state index contributed by atoms with van der Waals surface area (Å²) in [5.41, 5.74) is 6.13. The Labute approximate surface area is 113 Å². The van der Waals surface area contributed by atoms with Gasteiger partial charge in [-0.2, -0.15) is 0 Å². The minimum absolute atomic E-state index is 0. The topological polar surface area (TPSA) is 105 Å². The second-order valence-corrected chi connectivity index (χ2v) is 4.35. The molecule has 1 aromatic heterocycles. The van der Waals surface area contributed by atoms with Crippen molar-refractivity contribution < 1.29 is 16.1 Å². The molecule has 0 aliphatic carbocycles. The van der Waals surface area contributed by atoms with Crippen LogP contribution in [-0.4, -0.2) is 41.5 Å². The summed E-state index contributed by atoms with van der Waals surface area (Å²) in [5.74, 6) is -0.717. The van der Waals surface area contributed by atoms with Gasteiger partial charge >= 0.3 is 5.97 Å². The molecule has 1 aliphatic rings. The average Bonchev–Trinajstić information content (AvgIpc) is 2.48. The van der Waals surface area contributed by atoms with Crippen LogP contribution in [0.1, 0.15) is 24.6 Å². The van der Waals surface area contributed by atoms with E-state index in [1.165, 1.54) is 0 Å². The highest BCUT2D eigenvalue weighted by Gasteiger charge is 2.25. The van der Waals surface area contributed by atoms with Crippen molar-refractivity contribution in [3.8, 4) is 0 Å². The Balaban J connectivity index is 0.000000359. The van der Waals surface area contributed by atoms with E-state index in [-0.39, 0.29) is 7.34 Å². The van der Waals surface area contributed by atoms with Gasteiger partial charge in [0, 0.05) is 19.4 Å². The van der Waals surface area contributed by atoms with Gasteiger partial charge in [-0.05, 0) is 44.0 Å². The number of hydrogen-bond acceptors (Lipinski definition) is 5. The van der Waals surface area contributed by atoms with E-state index in [1.807, 2.05) is 0 Å².